The van der Waals surface area contributed by atoms with E-state index in [9.17, 15) is 14.9 Å². The fraction of sp³-hybridized carbons (Fsp3) is 0.188. The van der Waals surface area contributed by atoms with Gasteiger partial charge >= 0.3 is 0 Å². The standard InChI is InChI=1S/C16H13N3O4S2/c20-13(14-7-3-8-24-14)6-2-9-25-16-18-17-15(23-16)11-4-1-5-12(10-11)19(21)22/h1,3-5,7-8,10H,2,6,9H2. The van der Waals surface area contributed by atoms with Gasteiger partial charge in [0.2, 0.25) is 5.89 Å². The number of thiophene rings is 1. The van der Waals surface area contributed by atoms with Gasteiger partial charge in [0, 0.05) is 29.9 Å². The van der Waals surface area contributed by atoms with Gasteiger partial charge in [-0.2, -0.15) is 0 Å². The van der Waals surface area contributed by atoms with E-state index in [0.29, 0.717) is 29.4 Å². The Labute approximate surface area is 151 Å². The minimum atomic E-state index is -0.472. The lowest BCUT2D eigenvalue weighted by Crippen LogP contribution is -1.96. The third-order valence-corrected chi connectivity index (χ3v) is 5.10. The van der Waals surface area contributed by atoms with Crippen molar-refractivity contribution in [3.63, 3.8) is 0 Å². The average molecular weight is 375 g/mol. The summed E-state index contributed by atoms with van der Waals surface area (Å²) >= 11 is 2.81. The smallest absolute Gasteiger partial charge is 0.276 e. The van der Waals surface area contributed by atoms with E-state index >= 15 is 0 Å². The van der Waals surface area contributed by atoms with Crippen LogP contribution in [0.15, 0.2) is 51.4 Å². The Hall–Kier alpha value is -2.52. The fourth-order valence-electron chi connectivity index (χ4n) is 2.09. The van der Waals surface area contributed by atoms with Gasteiger partial charge in [0.15, 0.2) is 5.78 Å². The second kappa shape index (κ2) is 8.04. The maximum Gasteiger partial charge on any atom is 0.276 e. The first-order valence-electron chi connectivity index (χ1n) is 7.41. The highest BCUT2D eigenvalue weighted by Gasteiger charge is 2.13. The van der Waals surface area contributed by atoms with Crippen LogP contribution < -0.4 is 0 Å². The molecule has 2 aromatic heterocycles. The lowest BCUT2D eigenvalue weighted by Gasteiger charge is -1.97. The molecule has 3 aromatic rings. The number of nitrogens with zero attached hydrogens (tertiary/aromatic N) is 3. The number of aromatic nitrogens is 2. The molecular formula is C16H13N3O4S2. The van der Waals surface area contributed by atoms with E-state index in [-0.39, 0.29) is 17.4 Å². The predicted molar refractivity (Wildman–Crippen MR) is 95.0 cm³/mol. The van der Waals surface area contributed by atoms with Crippen molar-refractivity contribution in [3.8, 4) is 11.5 Å². The highest BCUT2D eigenvalue weighted by Crippen LogP contribution is 2.26. The number of hydrogen-bond donors (Lipinski definition) is 0. The molecule has 0 bridgehead atoms. The molecule has 7 nitrogen and oxygen atoms in total. The van der Waals surface area contributed by atoms with Crippen LogP contribution in [0, 0.1) is 10.1 Å². The summed E-state index contributed by atoms with van der Waals surface area (Å²) in [5.41, 5.74) is 0.471. The normalized spacial score (nSPS) is 10.7. The molecule has 3 rings (SSSR count). The number of Topliss-reactive ketones (excluding diaryl/α,β-unsaturated/α-hetero) is 1. The number of hydrogen-bond acceptors (Lipinski definition) is 8. The van der Waals surface area contributed by atoms with Crippen molar-refractivity contribution < 1.29 is 14.1 Å². The van der Waals surface area contributed by atoms with Gasteiger partial charge in [-0.25, -0.2) is 0 Å². The van der Waals surface area contributed by atoms with E-state index in [1.54, 1.807) is 12.1 Å². The van der Waals surface area contributed by atoms with Gasteiger partial charge in [0.1, 0.15) is 0 Å². The second-order valence-electron chi connectivity index (χ2n) is 5.03. The molecule has 0 spiro atoms. The minimum Gasteiger partial charge on any atom is -0.411 e. The van der Waals surface area contributed by atoms with E-state index in [2.05, 4.69) is 10.2 Å². The minimum absolute atomic E-state index is 0.0306. The summed E-state index contributed by atoms with van der Waals surface area (Å²) in [5.74, 6) is 1.05. The molecule has 2 heterocycles. The second-order valence-corrected chi connectivity index (χ2v) is 7.03. The van der Waals surface area contributed by atoms with Gasteiger partial charge in [0.25, 0.3) is 10.9 Å². The van der Waals surface area contributed by atoms with Crippen LogP contribution in [0.2, 0.25) is 0 Å². The molecule has 128 valence electrons. The van der Waals surface area contributed by atoms with Crippen molar-refractivity contribution >= 4 is 34.6 Å². The maximum absolute atomic E-state index is 11.9. The molecule has 0 unspecified atom stereocenters. The predicted octanol–water partition coefficient (Wildman–Crippen LogP) is 4.46. The molecule has 0 saturated heterocycles. The topological polar surface area (TPSA) is 99.1 Å². The molecule has 0 saturated carbocycles. The number of ketones is 1. The van der Waals surface area contributed by atoms with Crippen LogP contribution in [-0.2, 0) is 0 Å². The van der Waals surface area contributed by atoms with Gasteiger partial charge in [-0.3, -0.25) is 14.9 Å². The number of rotatable bonds is 8. The maximum atomic E-state index is 11.9. The lowest BCUT2D eigenvalue weighted by atomic mass is 10.2. The van der Waals surface area contributed by atoms with Crippen molar-refractivity contribution in [2.45, 2.75) is 18.1 Å². The Morgan fingerprint density at radius 1 is 1.28 bits per heavy atom. The first kappa shape index (κ1) is 17.3. The average Bonchev–Trinajstić information content (AvgIpc) is 3.30. The number of non-ortho nitro benzene ring substituents is 1. The molecule has 0 atom stereocenters. The van der Waals surface area contributed by atoms with Gasteiger partial charge in [-0.1, -0.05) is 23.9 Å². The SMILES string of the molecule is O=C(CCCSc1nnc(-c2cccc([N+](=O)[O-])c2)o1)c1cccs1. The molecule has 0 radical (unpaired) electrons. The first-order valence-corrected chi connectivity index (χ1v) is 9.28. The first-order chi connectivity index (χ1) is 12.1. The molecule has 0 amide bonds. The third-order valence-electron chi connectivity index (χ3n) is 3.28. The van der Waals surface area contributed by atoms with E-state index in [0.717, 1.165) is 4.88 Å². The number of carbonyl (C=O) groups is 1. The van der Waals surface area contributed by atoms with Crippen LogP contribution in [0.4, 0.5) is 5.69 Å². The summed E-state index contributed by atoms with van der Waals surface area (Å²) < 4.78 is 5.52. The lowest BCUT2D eigenvalue weighted by molar-refractivity contribution is -0.384. The number of nitro groups is 1. The van der Waals surface area contributed by atoms with Crippen LogP contribution >= 0.6 is 23.1 Å². The molecule has 0 aliphatic heterocycles. The molecule has 25 heavy (non-hydrogen) atoms. The summed E-state index contributed by atoms with van der Waals surface area (Å²) in [5, 5.41) is 20.9. The van der Waals surface area contributed by atoms with E-state index in [1.165, 1.54) is 35.2 Å². The molecule has 0 N–H and O–H groups in total. The third kappa shape index (κ3) is 4.52. The Morgan fingerprint density at radius 3 is 2.92 bits per heavy atom. The summed E-state index contributed by atoms with van der Waals surface area (Å²) in [7, 11) is 0. The van der Waals surface area contributed by atoms with Crippen molar-refractivity contribution in [2.24, 2.45) is 0 Å². The molecule has 0 aliphatic carbocycles. The van der Waals surface area contributed by atoms with Crippen molar-refractivity contribution in [3.05, 3.63) is 56.8 Å². The molecule has 0 aliphatic rings. The van der Waals surface area contributed by atoms with Crippen molar-refractivity contribution in [1.29, 1.82) is 0 Å². The zero-order valence-corrected chi connectivity index (χ0v) is 14.6. The highest BCUT2D eigenvalue weighted by molar-refractivity contribution is 7.99. The largest absolute Gasteiger partial charge is 0.411 e. The summed E-state index contributed by atoms with van der Waals surface area (Å²) in [6, 6.07) is 9.72. The van der Waals surface area contributed by atoms with Crippen LogP contribution in [0.5, 0.6) is 0 Å². The Balaban J connectivity index is 1.53. The monoisotopic (exact) mass is 375 g/mol. The Kier molecular flexibility index (Phi) is 5.56. The van der Waals surface area contributed by atoms with Crippen LogP contribution in [0.1, 0.15) is 22.5 Å². The quantitative estimate of drug-likeness (QED) is 0.188. The number of carbonyl (C=O) groups excluding carboxylic acids is 1. The molecule has 1 aromatic carbocycles. The Morgan fingerprint density at radius 2 is 2.16 bits per heavy atom. The molecular weight excluding hydrogens is 362 g/mol. The van der Waals surface area contributed by atoms with Crippen molar-refractivity contribution in [1.82, 2.24) is 10.2 Å². The number of benzene rings is 1. The fourth-order valence-corrected chi connectivity index (χ4v) is 3.48. The van der Waals surface area contributed by atoms with Gasteiger partial charge in [-0.05, 0) is 23.9 Å². The van der Waals surface area contributed by atoms with Crippen LogP contribution in [-0.4, -0.2) is 26.7 Å². The number of nitro benzene ring substituents is 1. The highest BCUT2D eigenvalue weighted by atomic mass is 32.2. The molecule has 9 heteroatoms. The van der Waals surface area contributed by atoms with Gasteiger partial charge < -0.3 is 4.42 Å². The summed E-state index contributed by atoms with van der Waals surface area (Å²) in [6.45, 7) is 0. The zero-order chi connectivity index (χ0) is 17.6. The van der Waals surface area contributed by atoms with Crippen molar-refractivity contribution in [2.75, 3.05) is 5.75 Å². The summed E-state index contributed by atoms with van der Waals surface area (Å²) in [4.78, 5) is 23.0. The van der Waals surface area contributed by atoms with Gasteiger partial charge in [-0.15, -0.1) is 21.5 Å². The van der Waals surface area contributed by atoms with E-state index < -0.39 is 4.92 Å². The van der Waals surface area contributed by atoms with Gasteiger partial charge in [0.05, 0.1) is 9.80 Å². The zero-order valence-electron chi connectivity index (χ0n) is 13.0. The number of thioether (sulfide) groups is 1. The Bertz CT molecular complexity index is 877. The van der Waals surface area contributed by atoms with Crippen LogP contribution in [0.25, 0.3) is 11.5 Å². The summed E-state index contributed by atoms with van der Waals surface area (Å²) in [6.07, 6.45) is 1.18. The van der Waals surface area contributed by atoms with Crippen LogP contribution in [0.3, 0.4) is 0 Å². The van der Waals surface area contributed by atoms with E-state index in [4.69, 9.17) is 4.42 Å². The molecule has 0 fully saturated rings. The van der Waals surface area contributed by atoms with E-state index in [1.807, 2.05) is 17.5 Å².